The molecule has 25 heavy (non-hydrogen) atoms. The Morgan fingerprint density at radius 1 is 1.32 bits per heavy atom. The fourth-order valence-electron chi connectivity index (χ4n) is 2.94. The van der Waals surface area contributed by atoms with Crippen molar-refractivity contribution in [3.05, 3.63) is 47.4 Å². The van der Waals surface area contributed by atoms with Crippen LogP contribution in [-0.2, 0) is 16.1 Å². The van der Waals surface area contributed by atoms with E-state index in [0.29, 0.717) is 11.5 Å². The van der Waals surface area contributed by atoms with Gasteiger partial charge in [0, 0.05) is 31.4 Å². The van der Waals surface area contributed by atoms with Gasteiger partial charge in [0.25, 0.3) is 0 Å². The van der Waals surface area contributed by atoms with Crippen molar-refractivity contribution in [2.75, 3.05) is 18.5 Å². The van der Waals surface area contributed by atoms with Crippen LogP contribution in [0, 0.1) is 24.5 Å². The summed E-state index contributed by atoms with van der Waals surface area (Å²) < 4.78 is 31.7. The number of amides is 2. The van der Waals surface area contributed by atoms with Gasteiger partial charge in [-0.05, 0) is 25.5 Å². The fourth-order valence-corrected chi connectivity index (χ4v) is 2.94. The minimum absolute atomic E-state index is 0.118. The van der Waals surface area contributed by atoms with Crippen molar-refractivity contribution in [3.8, 4) is 0 Å². The number of hydrogen-bond acceptors (Lipinski definition) is 4. The number of nitrogens with zero attached hydrogens (tertiary/aromatic N) is 3. The SMILES string of the molecule is Cc1cc(CN(C)C(=O)C2CCN(c3cc(F)cc(F)c3)C2=O)no1. The molecule has 0 saturated carbocycles. The number of rotatable bonds is 4. The molecule has 2 aromatic rings. The molecule has 1 unspecified atom stereocenters. The van der Waals surface area contributed by atoms with Crippen molar-refractivity contribution in [1.29, 1.82) is 0 Å². The maximum atomic E-state index is 13.4. The van der Waals surface area contributed by atoms with E-state index in [9.17, 15) is 18.4 Å². The van der Waals surface area contributed by atoms with E-state index in [4.69, 9.17) is 4.52 Å². The zero-order valence-electron chi connectivity index (χ0n) is 13.8. The van der Waals surface area contributed by atoms with Crippen molar-refractivity contribution in [2.24, 2.45) is 5.92 Å². The van der Waals surface area contributed by atoms with Gasteiger partial charge in [0.15, 0.2) is 0 Å². The van der Waals surface area contributed by atoms with Crippen LogP contribution in [0.25, 0.3) is 0 Å². The molecular formula is C17H17F2N3O3. The Bertz CT molecular complexity index is 801. The third kappa shape index (κ3) is 3.52. The molecule has 2 heterocycles. The van der Waals surface area contributed by atoms with Crippen molar-refractivity contribution < 1.29 is 22.9 Å². The highest BCUT2D eigenvalue weighted by Gasteiger charge is 2.39. The lowest BCUT2D eigenvalue weighted by molar-refractivity contribution is -0.139. The van der Waals surface area contributed by atoms with Gasteiger partial charge in [0.1, 0.15) is 29.0 Å². The normalized spacial score (nSPS) is 17.2. The molecule has 8 heteroatoms. The zero-order valence-corrected chi connectivity index (χ0v) is 13.8. The van der Waals surface area contributed by atoms with E-state index in [1.54, 1.807) is 20.0 Å². The highest BCUT2D eigenvalue weighted by atomic mass is 19.1. The molecule has 3 rings (SSSR count). The molecule has 1 atom stereocenters. The Morgan fingerprint density at radius 3 is 2.60 bits per heavy atom. The summed E-state index contributed by atoms with van der Waals surface area (Å²) >= 11 is 0. The summed E-state index contributed by atoms with van der Waals surface area (Å²) in [4.78, 5) is 27.7. The number of aromatic nitrogens is 1. The van der Waals surface area contributed by atoms with Crippen LogP contribution in [0.4, 0.5) is 14.5 Å². The topological polar surface area (TPSA) is 66.7 Å². The molecule has 1 saturated heterocycles. The molecule has 0 N–H and O–H groups in total. The Kier molecular flexibility index (Phi) is 4.52. The third-order valence-corrected chi connectivity index (χ3v) is 4.11. The standard InChI is InChI=1S/C17H17F2N3O3/c1-10-5-13(20-25-10)9-21(2)16(23)15-3-4-22(17(15)24)14-7-11(18)6-12(19)8-14/h5-8,15H,3-4,9H2,1-2H3. The summed E-state index contributed by atoms with van der Waals surface area (Å²) in [5, 5.41) is 3.82. The monoisotopic (exact) mass is 349 g/mol. The number of anilines is 1. The first-order chi connectivity index (χ1) is 11.8. The van der Waals surface area contributed by atoms with Gasteiger partial charge in [-0.2, -0.15) is 0 Å². The second-order valence-corrected chi connectivity index (χ2v) is 6.08. The number of carbonyl (C=O) groups is 2. The lowest BCUT2D eigenvalue weighted by Crippen LogP contribution is -2.37. The van der Waals surface area contributed by atoms with Gasteiger partial charge in [-0.15, -0.1) is 0 Å². The van der Waals surface area contributed by atoms with E-state index in [-0.39, 0.29) is 31.1 Å². The van der Waals surface area contributed by atoms with Crippen LogP contribution in [0.3, 0.4) is 0 Å². The number of aryl methyl sites for hydroxylation is 1. The average molecular weight is 349 g/mol. The first kappa shape index (κ1) is 17.1. The Hall–Kier alpha value is -2.77. The molecule has 0 aliphatic carbocycles. The van der Waals surface area contributed by atoms with E-state index < -0.39 is 23.5 Å². The predicted octanol–water partition coefficient (Wildman–Crippen LogP) is 2.27. The lowest BCUT2D eigenvalue weighted by Gasteiger charge is -2.20. The van der Waals surface area contributed by atoms with E-state index >= 15 is 0 Å². The van der Waals surface area contributed by atoms with Crippen molar-refractivity contribution in [2.45, 2.75) is 19.9 Å². The van der Waals surface area contributed by atoms with Gasteiger partial charge < -0.3 is 14.3 Å². The van der Waals surface area contributed by atoms with E-state index in [1.807, 2.05) is 0 Å². The summed E-state index contributed by atoms with van der Waals surface area (Å²) in [5.41, 5.74) is 0.704. The Morgan fingerprint density at radius 2 is 2.00 bits per heavy atom. The molecule has 0 spiro atoms. The van der Waals surface area contributed by atoms with Crippen LogP contribution in [0.5, 0.6) is 0 Å². The van der Waals surface area contributed by atoms with E-state index in [2.05, 4.69) is 5.16 Å². The quantitative estimate of drug-likeness (QED) is 0.794. The summed E-state index contributed by atoms with van der Waals surface area (Å²) in [6.07, 6.45) is 0.290. The average Bonchev–Trinajstić information content (AvgIpc) is 3.11. The molecule has 1 aliphatic rings. The van der Waals surface area contributed by atoms with Gasteiger partial charge in [0.05, 0.1) is 6.54 Å². The van der Waals surface area contributed by atoms with Gasteiger partial charge in [-0.3, -0.25) is 9.59 Å². The molecule has 0 bridgehead atoms. The van der Waals surface area contributed by atoms with Crippen molar-refractivity contribution in [1.82, 2.24) is 10.1 Å². The summed E-state index contributed by atoms with van der Waals surface area (Å²) in [6, 6.07) is 4.61. The van der Waals surface area contributed by atoms with Crippen LogP contribution in [0.15, 0.2) is 28.8 Å². The number of hydrogen-bond donors (Lipinski definition) is 0. The lowest BCUT2D eigenvalue weighted by atomic mass is 10.1. The molecule has 1 aromatic heterocycles. The Balaban J connectivity index is 1.71. The van der Waals surface area contributed by atoms with Crippen LogP contribution >= 0.6 is 0 Å². The zero-order chi connectivity index (χ0) is 18.1. The molecule has 0 radical (unpaired) electrons. The van der Waals surface area contributed by atoms with Crippen molar-refractivity contribution in [3.63, 3.8) is 0 Å². The first-order valence-corrected chi connectivity index (χ1v) is 7.80. The number of carbonyl (C=O) groups excluding carboxylic acids is 2. The van der Waals surface area contributed by atoms with Crippen LogP contribution in [-0.4, -0.2) is 35.5 Å². The Labute approximate surface area is 143 Å². The first-order valence-electron chi connectivity index (χ1n) is 7.80. The van der Waals surface area contributed by atoms with Gasteiger partial charge >= 0.3 is 0 Å². The highest BCUT2D eigenvalue weighted by Crippen LogP contribution is 2.28. The van der Waals surface area contributed by atoms with Gasteiger partial charge in [-0.1, -0.05) is 5.16 Å². The number of halogens is 2. The molecule has 1 fully saturated rings. The van der Waals surface area contributed by atoms with E-state index in [1.165, 1.54) is 9.80 Å². The van der Waals surface area contributed by atoms with E-state index in [0.717, 1.165) is 18.2 Å². The van der Waals surface area contributed by atoms with Crippen molar-refractivity contribution >= 4 is 17.5 Å². The summed E-state index contributed by atoms with van der Waals surface area (Å²) in [6.45, 7) is 2.19. The second kappa shape index (κ2) is 6.62. The molecular weight excluding hydrogens is 332 g/mol. The third-order valence-electron chi connectivity index (χ3n) is 4.11. The summed E-state index contributed by atoms with van der Waals surface area (Å²) in [7, 11) is 1.57. The van der Waals surface area contributed by atoms with Crippen LogP contribution in [0.2, 0.25) is 0 Å². The van der Waals surface area contributed by atoms with Gasteiger partial charge in [0.2, 0.25) is 11.8 Å². The van der Waals surface area contributed by atoms with Gasteiger partial charge in [-0.25, -0.2) is 8.78 Å². The molecule has 132 valence electrons. The largest absolute Gasteiger partial charge is 0.361 e. The molecule has 1 aliphatic heterocycles. The van der Waals surface area contributed by atoms with Crippen LogP contribution < -0.4 is 4.90 Å². The summed E-state index contributed by atoms with van der Waals surface area (Å²) in [5.74, 6) is -2.59. The molecule has 2 amide bonds. The minimum atomic E-state index is -0.871. The maximum Gasteiger partial charge on any atom is 0.239 e. The fraction of sp³-hybridized carbons (Fsp3) is 0.353. The van der Waals surface area contributed by atoms with Crippen LogP contribution in [0.1, 0.15) is 17.9 Å². The minimum Gasteiger partial charge on any atom is -0.361 e. The molecule has 6 nitrogen and oxygen atoms in total. The maximum absolute atomic E-state index is 13.4. The number of benzene rings is 1. The highest BCUT2D eigenvalue weighted by molar-refractivity contribution is 6.09. The molecule has 1 aromatic carbocycles. The smallest absolute Gasteiger partial charge is 0.239 e. The predicted molar refractivity (Wildman–Crippen MR) is 84.5 cm³/mol. The second-order valence-electron chi connectivity index (χ2n) is 6.08.